The van der Waals surface area contributed by atoms with Crippen LogP contribution in [0.25, 0.3) is 6.08 Å². The largest absolute Gasteiger partial charge is 0.508 e. The average molecular weight is 373 g/mol. The minimum atomic E-state index is -3.80. The molecule has 0 radical (unpaired) electrons. The first kappa shape index (κ1) is 19.4. The molecule has 0 amide bonds. The number of nitrogens with one attached hydrogen (secondary N) is 1. The van der Waals surface area contributed by atoms with Crippen molar-refractivity contribution >= 4 is 22.1 Å². The Labute approximate surface area is 152 Å². The van der Waals surface area contributed by atoms with Crippen LogP contribution in [0.15, 0.2) is 66.8 Å². The lowest BCUT2D eigenvalue weighted by molar-refractivity contribution is 0.0663. The third-order valence-electron chi connectivity index (χ3n) is 3.61. The molecule has 2 N–H and O–H groups in total. The minimum Gasteiger partial charge on any atom is -0.508 e. The molecule has 0 aromatic heterocycles. The Morgan fingerprint density at radius 2 is 1.85 bits per heavy atom. The molecule has 2 aromatic carbocycles. The molecule has 0 heterocycles. The normalized spacial score (nSPS) is 10.9. The molecule has 0 unspecified atom stereocenters. The number of benzene rings is 2. The second kappa shape index (κ2) is 8.46. The second-order valence-electron chi connectivity index (χ2n) is 5.34. The number of hydrogen-bond acceptors (Lipinski definition) is 5. The van der Waals surface area contributed by atoms with Gasteiger partial charge in [0, 0.05) is 6.54 Å². The van der Waals surface area contributed by atoms with Crippen LogP contribution in [0, 0.1) is 0 Å². The molecule has 0 aliphatic carbocycles. The van der Waals surface area contributed by atoms with E-state index < -0.39 is 16.0 Å². The van der Waals surface area contributed by atoms with Crippen molar-refractivity contribution < 1.29 is 23.1 Å². The highest BCUT2D eigenvalue weighted by Gasteiger charge is 2.18. The van der Waals surface area contributed by atoms with Crippen LogP contribution in [0.4, 0.5) is 0 Å². The summed E-state index contributed by atoms with van der Waals surface area (Å²) in [6.45, 7) is 7.08. The fourth-order valence-electron chi connectivity index (χ4n) is 2.27. The summed E-state index contributed by atoms with van der Waals surface area (Å²) in [5.41, 5.74) is 1.42. The molecule has 26 heavy (non-hydrogen) atoms. The molecular formula is C19H19NO5S. The monoisotopic (exact) mass is 373 g/mol. The van der Waals surface area contributed by atoms with Gasteiger partial charge in [-0.15, -0.1) is 0 Å². The van der Waals surface area contributed by atoms with Crippen molar-refractivity contribution in [3.63, 3.8) is 0 Å². The van der Waals surface area contributed by atoms with Crippen LogP contribution >= 0.6 is 0 Å². The van der Waals surface area contributed by atoms with Crippen molar-refractivity contribution in [2.45, 2.75) is 11.3 Å². The Kier molecular flexibility index (Phi) is 6.32. The van der Waals surface area contributed by atoms with E-state index in [1.165, 1.54) is 36.4 Å². The van der Waals surface area contributed by atoms with Gasteiger partial charge in [-0.2, -0.15) is 0 Å². The molecule has 0 saturated heterocycles. The molecule has 2 aromatic rings. The van der Waals surface area contributed by atoms with E-state index in [-0.39, 0.29) is 22.8 Å². The van der Waals surface area contributed by atoms with Gasteiger partial charge in [-0.25, -0.2) is 17.9 Å². The van der Waals surface area contributed by atoms with Gasteiger partial charge in [-0.1, -0.05) is 37.4 Å². The van der Waals surface area contributed by atoms with E-state index in [0.29, 0.717) is 12.0 Å². The number of ether oxygens (including phenoxy) is 1. The number of rotatable bonds is 8. The molecule has 0 aliphatic heterocycles. The van der Waals surface area contributed by atoms with Gasteiger partial charge >= 0.3 is 5.97 Å². The fraction of sp³-hybridized carbons (Fsp3) is 0.105. The zero-order valence-corrected chi connectivity index (χ0v) is 14.8. The highest BCUT2D eigenvalue weighted by Crippen LogP contribution is 2.18. The van der Waals surface area contributed by atoms with Crippen LogP contribution in [0.2, 0.25) is 0 Å². The standard InChI is InChI=1S/C19H19NO5S/c1-3-15-7-10-17(13-18(15)19(22)25-4-2)26(23,24)20-12-11-14-5-8-16(21)9-6-14/h3-10,13,20-21H,1-2,11-12H2. The number of phenolic OH excluding ortho intramolecular Hbond substituents is 1. The Morgan fingerprint density at radius 1 is 1.15 bits per heavy atom. The maximum Gasteiger partial charge on any atom is 0.343 e. The third kappa shape index (κ3) is 4.81. The summed E-state index contributed by atoms with van der Waals surface area (Å²) in [7, 11) is -3.80. The quantitative estimate of drug-likeness (QED) is 0.548. The summed E-state index contributed by atoms with van der Waals surface area (Å²) < 4.78 is 32.1. The maximum absolute atomic E-state index is 12.5. The van der Waals surface area contributed by atoms with Crippen LogP contribution in [0.3, 0.4) is 0 Å². The minimum absolute atomic E-state index is 0.0511. The van der Waals surface area contributed by atoms with Crippen molar-refractivity contribution in [2.75, 3.05) is 6.54 Å². The van der Waals surface area contributed by atoms with Crippen LogP contribution in [0.5, 0.6) is 5.75 Å². The van der Waals surface area contributed by atoms with Gasteiger partial charge in [0.1, 0.15) is 5.75 Å². The molecule has 0 fully saturated rings. The van der Waals surface area contributed by atoms with Crippen molar-refractivity contribution in [3.05, 3.63) is 78.6 Å². The molecule has 136 valence electrons. The van der Waals surface area contributed by atoms with Gasteiger partial charge in [0.15, 0.2) is 0 Å². The lowest BCUT2D eigenvalue weighted by Crippen LogP contribution is -2.26. The lowest BCUT2D eigenvalue weighted by atomic mass is 10.1. The summed E-state index contributed by atoms with van der Waals surface area (Å²) in [6, 6.07) is 10.6. The highest BCUT2D eigenvalue weighted by molar-refractivity contribution is 7.89. The number of hydrogen-bond donors (Lipinski definition) is 2. The molecule has 0 atom stereocenters. The summed E-state index contributed by atoms with van der Waals surface area (Å²) in [5, 5.41) is 9.25. The lowest BCUT2D eigenvalue weighted by Gasteiger charge is -2.10. The summed E-state index contributed by atoms with van der Waals surface area (Å²) in [5.74, 6) is -0.563. The predicted molar refractivity (Wildman–Crippen MR) is 99.1 cm³/mol. The molecule has 0 bridgehead atoms. The van der Waals surface area contributed by atoms with E-state index >= 15 is 0 Å². The number of esters is 1. The maximum atomic E-state index is 12.5. The fourth-order valence-corrected chi connectivity index (χ4v) is 3.33. The van der Waals surface area contributed by atoms with Crippen LogP contribution in [-0.2, 0) is 21.2 Å². The van der Waals surface area contributed by atoms with Crippen molar-refractivity contribution in [2.24, 2.45) is 0 Å². The summed E-state index contributed by atoms with van der Waals surface area (Å²) in [4.78, 5) is 11.9. The van der Waals surface area contributed by atoms with Gasteiger partial charge in [-0.3, -0.25) is 0 Å². The van der Waals surface area contributed by atoms with Gasteiger partial charge in [0.25, 0.3) is 0 Å². The molecule has 0 saturated carbocycles. The average Bonchev–Trinajstić information content (AvgIpc) is 2.63. The number of carbonyl (C=O) groups is 1. The Morgan fingerprint density at radius 3 is 2.46 bits per heavy atom. The Bertz CT molecular complexity index is 917. The van der Waals surface area contributed by atoms with Crippen molar-refractivity contribution in [1.82, 2.24) is 4.72 Å². The SMILES string of the molecule is C=COC(=O)c1cc(S(=O)(=O)NCCc2ccc(O)cc2)ccc1C=C. The summed E-state index contributed by atoms with van der Waals surface area (Å²) >= 11 is 0. The summed E-state index contributed by atoms with van der Waals surface area (Å²) in [6.07, 6.45) is 2.87. The van der Waals surface area contributed by atoms with E-state index in [2.05, 4.69) is 17.9 Å². The zero-order valence-electron chi connectivity index (χ0n) is 14.0. The molecule has 7 heteroatoms. The molecule has 2 rings (SSSR count). The first-order chi connectivity index (χ1) is 12.4. The number of carbonyl (C=O) groups excluding carboxylic acids is 1. The number of sulfonamides is 1. The first-order valence-electron chi connectivity index (χ1n) is 7.73. The smallest absolute Gasteiger partial charge is 0.343 e. The van der Waals surface area contributed by atoms with Gasteiger partial charge < -0.3 is 9.84 Å². The van der Waals surface area contributed by atoms with E-state index in [0.717, 1.165) is 11.8 Å². The Balaban J connectivity index is 2.15. The van der Waals surface area contributed by atoms with Crippen LogP contribution < -0.4 is 4.72 Å². The predicted octanol–water partition coefficient (Wildman–Crippen LogP) is 2.86. The molecule has 0 spiro atoms. The first-order valence-corrected chi connectivity index (χ1v) is 9.21. The number of phenols is 1. The van der Waals surface area contributed by atoms with E-state index in [9.17, 15) is 18.3 Å². The van der Waals surface area contributed by atoms with Crippen molar-refractivity contribution in [3.8, 4) is 5.75 Å². The zero-order chi connectivity index (χ0) is 19.2. The highest BCUT2D eigenvalue weighted by atomic mass is 32.2. The molecule has 6 nitrogen and oxygen atoms in total. The van der Waals surface area contributed by atoms with E-state index in [4.69, 9.17) is 4.74 Å². The second-order valence-corrected chi connectivity index (χ2v) is 7.11. The van der Waals surface area contributed by atoms with Gasteiger partial charge in [0.05, 0.1) is 16.7 Å². The van der Waals surface area contributed by atoms with Crippen LogP contribution in [-0.4, -0.2) is 26.0 Å². The number of aromatic hydroxyl groups is 1. The third-order valence-corrected chi connectivity index (χ3v) is 5.07. The van der Waals surface area contributed by atoms with Crippen molar-refractivity contribution in [1.29, 1.82) is 0 Å². The topological polar surface area (TPSA) is 92.7 Å². The van der Waals surface area contributed by atoms with Gasteiger partial charge in [0.2, 0.25) is 10.0 Å². The van der Waals surface area contributed by atoms with E-state index in [1.807, 2.05) is 0 Å². The molecule has 0 aliphatic rings. The van der Waals surface area contributed by atoms with E-state index in [1.54, 1.807) is 12.1 Å². The Hall–Kier alpha value is -2.90. The van der Waals surface area contributed by atoms with Crippen LogP contribution in [0.1, 0.15) is 21.5 Å². The van der Waals surface area contributed by atoms with Gasteiger partial charge in [-0.05, 0) is 41.8 Å². The molecular weight excluding hydrogens is 354 g/mol.